The number of hydrogen-bond acceptors (Lipinski definition) is 5. The molecule has 0 fully saturated rings. The van der Waals surface area contributed by atoms with Gasteiger partial charge in [-0.25, -0.2) is 0 Å². The number of fused-ring (bicyclic) bond motifs is 3. The summed E-state index contributed by atoms with van der Waals surface area (Å²) in [4.78, 5) is 28.9. The van der Waals surface area contributed by atoms with E-state index >= 15 is 0 Å². The number of ether oxygens (including phenoxy) is 1. The third-order valence-corrected chi connectivity index (χ3v) is 8.57. The Morgan fingerprint density at radius 3 is 2.31 bits per heavy atom. The van der Waals surface area contributed by atoms with E-state index in [2.05, 4.69) is 12.2 Å². The van der Waals surface area contributed by atoms with Gasteiger partial charge in [-0.1, -0.05) is 100 Å². The first-order valence-electron chi connectivity index (χ1n) is 15.5. The zero-order valence-electron chi connectivity index (χ0n) is 24.6. The highest BCUT2D eigenvalue weighted by atomic mass is 35.5. The molecule has 1 aliphatic heterocycles. The molecule has 1 aliphatic carbocycles. The van der Waals surface area contributed by atoms with Gasteiger partial charge in [-0.3, -0.25) is 9.59 Å². The van der Waals surface area contributed by atoms with Crippen molar-refractivity contribution in [1.82, 2.24) is 10.2 Å². The summed E-state index contributed by atoms with van der Waals surface area (Å²) in [5.74, 6) is -0.263. The summed E-state index contributed by atoms with van der Waals surface area (Å²) in [5, 5.41) is 24.4. The van der Waals surface area contributed by atoms with Crippen LogP contribution in [0.1, 0.15) is 88.2 Å². The number of aliphatic hydroxyl groups is 2. The molecule has 4 rings (SSSR count). The predicted octanol–water partition coefficient (Wildman–Crippen LogP) is 5.91. The minimum absolute atomic E-state index is 0.0720. The van der Waals surface area contributed by atoms with Gasteiger partial charge in [0.2, 0.25) is 11.8 Å². The topological polar surface area (TPSA) is 99.1 Å². The van der Waals surface area contributed by atoms with Crippen LogP contribution in [0.2, 0.25) is 5.02 Å². The van der Waals surface area contributed by atoms with Crippen molar-refractivity contribution < 1.29 is 24.5 Å². The number of nitrogens with one attached hydrogen (secondary N) is 1. The third-order valence-electron chi connectivity index (χ3n) is 8.32. The van der Waals surface area contributed by atoms with E-state index < -0.39 is 24.2 Å². The number of carbonyl (C=O) groups excluding carboxylic acids is 2. The lowest BCUT2D eigenvalue weighted by Gasteiger charge is -2.41. The molecule has 2 aromatic rings. The first-order chi connectivity index (χ1) is 20.4. The normalized spacial score (nSPS) is 20.7. The molecule has 0 saturated heterocycles. The Labute approximate surface area is 254 Å². The van der Waals surface area contributed by atoms with Crippen LogP contribution in [0, 0.1) is 0 Å². The maximum atomic E-state index is 13.8. The molecular weight excluding hydrogens is 552 g/mol. The van der Waals surface area contributed by atoms with Gasteiger partial charge in [0.05, 0.1) is 18.6 Å². The van der Waals surface area contributed by atoms with Crippen molar-refractivity contribution in [1.29, 1.82) is 0 Å². The molecule has 1 heterocycles. The molecule has 7 nitrogen and oxygen atoms in total. The van der Waals surface area contributed by atoms with Gasteiger partial charge >= 0.3 is 0 Å². The molecule has 228 valence electrons. The fourth-order valence-corrected chi connectivity index (χ4v) is 6.19. The molecule has 4 unspecified atom stereocenters. The zero-order chi connectivity index (χ0) is 29.9. The van der Waals surface area contributed by atoms with Crippen molar-refractivity contribution in [2.24, 2.45) is 0 Å². The largest absolute Gasteiger partial charge is 0.486 e. The molecule has 0 radical (unpaired) electrons. The minimum atomic E-state index is -1.05. The van der Waals surface area contributed by atoms with Gasteiger partial charge in [0, 0.05) is 35.7 Å². The highest BCUT2D eigenvalue weighted by Crippen LogP contribution is 2.47. The zero-order valence-corrected chi connectivity index (χ0v) is 25.4. The Balaban J connectivity index is 1.54. The second kappa shape index (κ2) is 16.1. The minimum Gasteiger partial charge on any atom is -0.486 e. The molecule has 2 aliphatic rings. The average molecular weight is 597 g/mol. The quantitative estimate of drug-likeness (QED) is 0.209. The lowest BCUT2D eigenvalue weighted by molar-refractivity contribution is -0.138. The van der Waals surface area contributed by atoms with Crippen LogP contribution < -0.4 is 10.1 Å². The number of para-hydroxylation sites is 1. The van der Waals surface area contributed by atoms with Gasteiger partial charge in [0.25, 0.3) is 0 Å². The van der Waals surface area contributed by atoms with Crippen LogP contribution in [0.25, 0.3) is 0 Å². The van der Waals surface area contributed by atoms with E-state index in [0.717, 1.165) is 30.4 Å². The molecule has 2 aromatic carbocycles. The van der Waals surface area contributed by atoms with Crippen LogP contribution in [0.5, 0.6) is 5.75 Å². The van der Waals surface area contributed by atoms with Gasteiger partial charge in [0.1, 0.15) is 18.0 Å². The van der Waals surface area contributed by atoms with Crippen LogP contribution >= 0.6 is 11.6 Å². The fraction of sp³-hybridized carbons (Fsp3) is 0.529. The standard InChI is InChI=1S/C34H45ClN2O5/c1-2-3-4-5-6-7-8-9-10-15-30(39)37(23-24-16-18-25(35)19-17-24)28-22-27(34(41)36-20-21-38)31-26-13-11-12-14-29(26)42-33(31)32(28)40/h11-14,16-19,22,28,31-33,38,40H,2-10,15,20-21,23H2,1H3,(H,36,41). The van der Waals surface area contributed by atoms with Gasteiger partial charge in [-0.15, -0.1) is 0 Å². The monoisotopic (exact) mass is 596 g/mol. The summed E-state index contributed by atoms with van der Waals surface area (Å²) in [5.41, 5.74) is 2.14. The SMILES string of the molecule is CCCCCCCCCCCC(=O)N(Cc1ccc(Cl)cc1)C1C=C(C(=O)NCCO)C2c3ccccc3OC2C1O. The molecule has 8 heteroatoms. The van der Waals surface area contributed by atoms with E-state index in [4.69, 9.17) is 16.3 Å². The van der Waals surface area contributed by atoms with Gasteiger partial charge in [0.15, 0.2) is 0 Å². The first kappa shape index (κ1) is 32.1. The number of hydrogen-bond donors (Lipinski definition) is 3. The second-order valence-corrected chi connectivity index (χ2v) is 11.8. The number of unbranched alkanes of at least 4 members (excludes halogenated alkanes) is 8. The van der Waals surface area contributed by atoms with Crippen molar-refractivity contribution in [3.05, 3.63) is 76.3 Å². The van der Waals surface area contributed by atoms with Crippen molar-refractivity contribution in [3.63, 3.8) is 0 Å². The summed E-state index contributed by atoms with van der Waals surface area (Å²) < 4.78 is 6.22. The average Bonchev–Trinajstić information content (AvgIpc) is 3.39. The molecule has 0 spiro atoms. The maximum Gasteiger partial charge on any atom is 0.247 e. The molecular formula is C34H45ClN2O5. The fourth-order valence-electron chi connectivity index (χ4n) is 6.07. The van der Waals surface area contributed by atoms with Gasteiger partial charge in [-0.2, -0.15) is 0 Å². The van der Waals surface area contributed by atoms with E-state index in [1.54, 1.807) is 23.1 Å². The van der Waals surface area contributed by atoms with Crippen LogP contribution in [0.15, 0.2) is 60.2 Å². The third kappa shape index (κ3) is 8.15. The van der Waals surface area contributed by atoms with Crippen LogP contribution in [-0.4, -0.2) is 58.3 Å². The summed E-state index contributed by atoms with van der Waals surface area (Å²) >= 11 is 6.12. The van der Waals surface area contributed by atoms with Crippen molar-refractivity contribution in [2.75, 3.05) is 13.2 Å². The Hall–Kier alpha value is -2.87. The summed E-state index contributed by atoms with van der Waals surface area (Å²) in [6.07, 6.45) is 10.7. The van der Waals surface area contributed by atoms with Crippen molar-refractivity contribution in [3.8, 4) is 5.75 Å². The van der Waals surface area contributed by atoms with E-state index in [1.165, 1.54) is 38.5 Å². The number of amides is 2. The van der Waals surface area contributed by atoms with Gasteiger partial charge in [-0.05, 0) is 36.3 Å². The molecule has 2 amide bonds. The molecule has 0 bridgehead atoms. The predicted molar refractivity (Wildman–Crippen MR) is 165 cm³/mol. The number of nitrogens with zero attached hydrogens (tertiary/aromatic N) is 1. The summed E-state index contributed by atoms with van der Waals surface area (Å²) in [7, 11) is 0. The van der Waals surface area contributed by atoms with E-state index in [-0.39, 0.29) is 31.5 Å². The van der Waals surface area contributed by atoms with Crippen molar-refractivity contribution in [2.45, 2.75) is 102 Å². The Bertz CT molecular complexity index is 1200. The second-order valence-electron chi connectivity index (χ2n) is 11.4. The van der Waals surface area contributed by atoms with Gasteiger partial charge < -0.3 is 25.2 Å². The number of rotatable bonds is 16. The molecule has 3 N–H and O–H groups in total. The summed E-state index contributed by atoms with van der Waals surface area (Å²) in [6.45, 7) is 2.41. The number of halogens is 1. The van der Waals surface area contributed by atoms with Crippen LogP contribution in [-0.2, 0) is 16.1 Å². The molecule has 0 aromatic heterocycles. The highest BCUT2D eigenvalue weighted by molar-refractivity contribution is 6.30. The molecule has 4 atom stereocenters. The maximum absolute atomic E-state index is 13.8. The molecule has 42 heavy (non-hydrogen) atoms. The van der Waals surface area contributed by atoms with Crippen LogP contribution in [0.3, 0.4) is 0 Å². The Kier molecular flexibility index (Phi) is 12.3. The summed E-state index contributed by atoms with van der Waals surface area (Å²) in [6, 6.07) is 14.0. The smallest absolute Gasteiger partial charge is 0.247 e. The van der Waals surface area contributed by atoms with E-state index in [1.807, 2.05) is 36.4 Å². The Morgan fingerprint density at radius 2 is 1.62 bits per heavy atom. The number of aliphatic hydroxyl groups excluding tert-OH is 2. The van der Waals surface area contributed by atoms with Crippen LogP contribution in [0.4, 0.5) is 0 Å². The highest BCUT2D eigenvalue weighted by Gasteiger charge is 2.50. The lowest BCUT2D eigenvalue weighted by atomic mass is 9.77. The first-order valence-corrected chi connectivity index (χ1v) is 15.9. The van der Waals surface area contributed by atoms with Crippen molar-refractivity contribution >= 4 is 23.4 Å². The van der Waals surface area contributed by atoms with E-state index in [0.29, 0.717) is 22.8 Å². The molecule has 0 saturated carbocycles. The Morgan fingerprint density at radius 1 is 0.952 bits per heavy atom. The van der Waals surface area contributed by atoms with E-state index in [9.17, 15) is 19.8 Å². The lowest BCUT2D eigenvalue weighted by Crippen LogP contribution is -2.55. The number of benzene rings is 2. The number of carbonyl (C=O) groups is 2.